The van der Waals surface area contributed by atoms with Crippen LogP contribution < -0.4 is 5.73 Å². The third-order valence-electron chi connectivity index (χ3n) is 1.85. The van der Waals surface area contributed by atoms with Crippen molar-refractivity contribution in [3.05, 3.63) is 37.8 Å². The van der Waals surface area contributed by atoms with E-state index in [1.807, 2.05) is 0 Å². The first kappa shape index (κ1) is 10.1. The molecule has 5 heteroatoms. The van der Waals surface area contributed by atoms with Crippen LogP contribution in [0.5, 0.6) is 0 Å². The van der Waals surface area contributed by atoms with Crippen LogP contribution >= 0.6 is 15.9 Å². The maximum absolute atomic E-state index is 10.7. The maximum Gasteiger partial charge on any atom is 0.277 e. The first-order valence-electron chi connectivity index (χ1n) is 3.70. The Hall–Kier alpha value is -0.940. The molecule has 0 spiro atoms. The number of benzene rings is 1. The fourth-order valence-electron chi connectivity index (χ4n) is 1.15. The van der Waals surface area contributed by atoms with E-state index >= 15 is 0 Å². The van der Waals surface area contributed by atoms with Crippen molar-refractivity contribution in [3.8, 4) is 0 Å². The molecule has 0 aromatic heterocycles. The van der Waals surface area contributed by atoms with Crippen molar-refractivity contribution in [2.24, 2.45) is 5.73 Å². The first-order chi connectivity index (χ1) is 6.07. The smallest absolute Gasteiger partial charge is 0.277 e. The Morgan fingerprint density at radius 3 is 2.69 bits per heavy atom. The minimum atomic E-state index is -0.401. The summed E-state index contributed by atoms with van der Waals surface area (Å²) >= 11 is 3.23. The summed E-state index contributed by atoms with van der Waals surface area (Å²) in [6, 6.07) is 3.43. The maximum atomic E-state index is 10.7. The van der Waals surface area contributed by atoms with Crippen LogP contribution in [-0.2, 0) is 6.54 Å². The quantitative estimate of drug-likeness (QED) is 0.640. The van der Waals surface area contributed by atoms with E-state index in [1.165, 1.54) is 0 Å². The van der Waals surface area contributed by atoms with Gasteiger partial charge in [-0.15, -0.1) is 0 Å². The molecule has 0 fully saturated rings. The molecule has 0 saturated carbocycles. The predicted molar refractivity (Wildman–Crippen MR) is 53.4 cm³/mol. The zero-order chi connectivity index (χ0) is 10.0. The minimum absolute atomic E-state index is 0.108. The number of hydrogen-bond donors (Lipinski definition) is 1. The number of halogens is 1. The second-order valence-electron chi connectivity index (χ2n) is 2.64. The average Bonchev–Trinajstić information content (AvgIpc) is 2.08. The van der Waals surface area contributed by atoms with Gasteiger partial charge in [0, 0.05) is 22.1 Å². The van der Waals surface area contributed by atoms with Gasteiger partial charge in [-0.05, 0) is 19.1 Å². The third kappa shape index (κ3) is 1.87. The Labute approximate surface area is 84.0 Å². The summed E-state index contributed by atoms with van der Waals surface area (Å²) in [4.78, 5) is 10.3. The van der Waals surface area contributed by atoms with Crippen LogP contribution in [0.25, 0.3) is 0 Å². The van der Waals surface area contributed by atoms with E-state index in [-0.39, 0.29) is 12.2 Å². The van der Waals surface area contributed by atoms with Crippen molar-refractivity contribution in [1.82, 2.24) is 0 Å². The number of nitrogens with two attached hydrogens (primary N) is 1. The van der Waals surface area contributed by atoms with E-state index in [1.54, 1.807) is 19.1 Å². The third-order valence-corrected chi connectivity index (χ3v) is 2.71. The normalized spacial score (nSPS) is 10.1. The first-order valence-corrected chi connectivity index (χ1v) is 4.49. The molecule has 0 bridgehead atoms. The van der Waals surface area contributed by atoms with Crippen molar-refractivity contribution in [2.45, 2.75) is 13.5 Å². The molecule has 1 aromatic rings. The molecule has 70 valence electrons. The summed E-state index contributed by atoms with van der Waals surface area (Å²) in [5.41, 5.74) is 6.68. The molecular formula is C8H9BrN2O2. The van der Waals surface area contributed by atoms with E-state index in [9.17, 15) is 10.1 Å². The van der Waals surface area contributed by atoms with Crippen LogP contribution in [-0.4, -0.2) is 4.92 Å². The number of nitrogens with zero attached hydrogens (tertiary/aromatic N) is 1. The second-order valence-corrected chi connectivity index (χ2v) is 3.50. The Morgan fingerprint density at radius 2 is 2.23 bits per heavy atom. The molecule has 0 heterocycles. The van der Waals surface area contributed by atoms with Crippen molar-refractivity contribution in [2.75, 3.05) is 0 Å². The molecule has 4 nitrogen and oxygen atoms in total. The van der Waals surface area contributed by atoms with E-state index in [4.69, 9.17) is 5.73 Å². The van der Waals surface area contributed by atoms with Crippen LogP contribution in [0.4, 0.5) is 5.69 Å². The fraction of sp³-hybridized carbons (Fsp3) is 0.250. The van der Waals surface area contributed by atoms with Crippen LogP contribution in [0.2, 0.25) is 0 Å². The van der Waals surface area contributed by atoms with E-state index in [2.05, 4.69) is 15.9 Å². The highest BCUT2D eigenvalue weighted by molar-refractivity contribution is 9.10. The highest BCUT2D eigenvalue weighted by Gasteiger charge is 2.17. The monoisotopic (exact) mass is 244 g/mol. The molecule has 0 aliphatic rings. The molecule has 1 rings (SSSR count). The lowest BCUT2D eigenvalue weighted by atomic mass is 10.1. The topological polar surface area (TPSA) is 69.2 Å². The SMILES string of the molecule is Cc1c(Br)ccc(CN)c1[N+](=O)[O-]. The van der Waals surface area contributed by atoms with E-state index in [0.717, 1.165) is 4.47 Å². The van der Waals surface area contributed by atoms with Crippen LogP contribution in [0.15, 0.2) is 16.6 Å². The van der Waals surface area contributed by atoms with Gasteiger partial charge in [0.15, 0.2) is 0 Å². The van der Waals surface area contributed by atoms with Gasteiger partial charge in [-0.1, -0.05) is 15.9 Å². The van der Waals surface area contributed by atoms with Crippen LogP contribution in [0, 0.1) is 17.0 Å². The zero-order valence-electron chi connectivity index (χ0n) is 7.08. The summed E-state index contributed by atoms with van der Waals surface area (Å²) in [7, 11) is 0. The van der Waals surface area contributed by atoms with Gasteiger partial charge >= 0.3 is 0 Å². The number of rotatable bonds is 2. The Balaban J connectivity index is 3.41. The summed E-state index contributed by atoms with van der Waals surface area (Å²) in [5.74, 6) is 0. The largest absolute Gasteiger partial charge is 0.326 e. The van der Waals surface area contributed by atoms with Crippen LogP contribution in [0.1, 0.15) is 11.1 Å². The van der Waals surface area contributed by atoms with Crippen molar-refractivity contribution >= 4 is 21.6 Å². The second kappa shape index (κ2) is 3.85. The molecule has 13 heavy (non-hydrogen) atoms. The molecular weight excluding hydrogens is 236 g/mol. The molecule has 0 unspecified atom stereocenters. The van der Waals surface area contributed by atoms with Gasteiger partial charge in [0.2, 0.25) is 0 Å². The fourth-order valence-corrected chi connectivity index (χ4v) is 1.47. The van der Waals surface area contributed by atoms with Gasteiger partial charge in [-0.3, -0.25) is 10.1 Å². The van der Waals surface area contributed by atoms with Crippen molar-refractivity contribution < 1.29 is 4.92 Å². The summed E-state index contributed by atoms with van der Waals surface area (Å²) < 4.78 is 0.733. The van der Waals surface area contributed by atoms with E-state index < -0.39 is 4.92 Å². The lowest BCUT2D eigenvalue weighted by Gasteiger charge is -2.04. The molecule has 0 atom stereocenters. The van der Waals surface area contributed by atoms with Crippen LogP contribution in [0.3, 0.4) is 0 Å². The minimum Gasteiger partial charge on any atom is -0.326 e. The van der Waals surface area contributed by atoms with E-state index in [0.29, 0.717) is 11.1 Å². The summed E-state index contributed by atoms with van der Waals surface area (Å²) in [6.07, 6.45) is 0. The number of hydrogen-bond acceptors (Lipinski definition) is 3. The Kier molecular flexibility index (Phi) is 3.00. The van der Waals surface area contributed by atoms with Crippen molar-refractivity contribution in [1.29, 1.82) is 0 Å². The molecule has 1 aromatic carbocycles. The molecule has 0 aliphatic carbocycles. The highest BCUT2D eigenvalue weighted by atomic mass is 79.9. The van der Waals surface area contributed by atoms with Gasteiger partial charge in [0.1, 0.15) is 0 Å². The molecule has 0 radical (unpaired) electrons. The van der Waals surface area contributed by atoms with Gasteiger partial charge in [-0.25, -0.2) is 0 Å². The molecule has 0 aliphatic heterocycles. The lowest BCUT2D eigenvalue weighted by Crippen LogP contribution is -2.03. The molecule has 0 amide bonds. The van der Waals surface area contributed by atoms with Gasteiger partial charge in [0.05, 0.1) is 4.92 Å². The van der Waals surface area contributed by atoms with Gasteiger partial charge < -0.3 is 5.73 Å². The van der Waals surface area contributed by atoms with Gasteiger partial charge in [0.25, 0.3) is 5.69 Å². The lowest BCUT2D eigenvalue weighted by molar-refractivity contribution is -0.386. The summed E-state index contributed by atoms with van der Waals surface area (Å²) in [6.45, 7) is 1.88. The van der Waals surface area contributed by atoms with Crippen molar-refractivity contribution in [3.63, 3.8) is 0 Å². The zero-order valence-corrected chi connectivity index (χ0v) is 8.67. The molecule has 2 N–H and O–H groups in total. The van der Waals surface area contributed by atoms with Gasteiger partial charge in [-0.2, -0.15) is 0 Å². The molecule has 0 saturated heterocycles. The Morgan fingerprint density at radius 1 is 1.62 bits per heavy atom. The number of nitro benzene ring substituents is 1. The number of nitro groups is 1. The predicted octanol–water partition coefficient (Wildman–Crippen LogP) is 2.12. The summed E-state index contributed by atoms with van der Waals surface area (Å²) in [5, 5.41) is 10.7. The highest BCUT2D eigenvalue weighted by Crippen LogP contribution is 2.29. The average molecular weight is 245 g/mol. The Bertz CT molecular complexity index is 352. The standard InChI is InChI=1S/C8H9BrN2O2/c1-5-7(9)3-2-6(4-10)8(5)11(12)13/h2-3H,4,10H2,1H3.